The number of hydrogen-bond acceptors (Lipinski definition) is 2. The molecule has 0 radical (unpaired) electrons. The minimum Gasteiger partial charge on any atom is -0.354 e. The van der Waals surface area contributed by atoms with E-state index in [2.05, 4.69) is 12.2 Å². The van der Waals surface area contributed by atoms with Gasteiger partial charge < -0.3 is 10.2 Å². The molecular weight excluding hydrogens is 395 g/mol. The molecule has 150 valence electrons. The van der Waals surface area contributed by atoms with Crippen molar-refractivity contribution in [3.63, 3.8) is 0 Å². The van der Waals surface area contributed by atoms with Gasteiger partial charge in [-0.05, 0) is 48.7 Å². The third kappa shape index (κ3) is 6.84. The molecule has 2 rings (SSSR count). The quantitative estimate of drug-likeness (QED) is 0.588. The van der Waals surface area contributed by atoms with Crippen molar-refractivity contribution in [2.24, 2.45) is 0 Å². The lowest BCUT2D eigenvalue weighted by molar-refractivity contribution is -0.140. The van der Waals surface area contributed by atoms with Crippen LogP contribution in [0.15, 0.2) is 48.5 Å². The highest BCUT2D eigenvalue weighted by Crippen LogP contribution is 2.17. The van der Waals surface area contributed by atoms with Crippen LogP contribution >= 0.6 is 23.2 Å². The number of nitrogens with zero attached hydrogens (tertiary/aromatic N) is 1. The Morgan fingerprint density at radius 2 is 1.75 bits per heavy atom. The van der Waals surface area contributed by atoms with E-state index in [1.54, 1.807) is 30.0 Å². The summed E-state index contributed by atoms with van der Waals surface area (Å²) in [5, 5.41) is 4.13. The highest BCUT2D eigenvalue weighted by molar-refractivity contribution is 6.30. The summed E-state index contributed by atoms with van der Waals surface area (Å²) in [4.78, 5) is 27.2. The summed E-state index contributed by atoms with van der Waals surface area (Å²) >= 11 is 12.0. The van der Waals surface area contributed by atoms with E-state index >= 15 is 0 Å². The minimum absolute atomic E-state index is 0.125. The van der Waals surface area contributed by atoms with E-state index in [0.717, 1.165) is 24.0 Å². The Hall–Kier alpha value is -2.04. The molecule has 0 aliphatic heterocycles. The maximum absolute atomic E-state index is 13.0. The summed E-state index contributed by atoms with van der Waals surface area (Å²) in [6, 6.07) is 13.9. The van der Waals surface area contributed by atoms with Crippen LogP contribution in [0, 0.1) is 0 Å². The van der Waals surface area contributed by atoms with Gasteiger partial charge in [-0.15, -0.1) is 0 Å². The molecule has 0 aliphatic carbocycles. The summed E-state index contributed by atoms with van der Waals surface area (Å²) in [5.41, 5.74) is 1.73. The van der Waals surface area contributed by atoms with Crippen molar-refractivity contribution < 1.29 is 9.59 Å². The lowest BCUT2D eigenvalue weighted by atomic mass is 10.1. The van der Waals surface area contributed by atoms with Crippen molar-refractivity contribution >= 4 is 35.0 Å². The zero-order chi connectivity index (χ0) is 20.5. The minimum atomic E-state index is -0.587. The van der Waals surface area contributed by atoms with Crippen molar-refractivity contribution in [1.29, 1.82) is 0 Å². The van der Waals surface area contributed by atoms with Gasteiger partial charge in [0, 0.05) is 23.1 Å². The van der Waals surface area contributed by atoms with Crippen LogP contribution in [0.4, 0.5) is 0 Å². The average molecular weight is 421 g/mol. The number of carbonyl (C=O) groups excluding carboxylic acids is 2. The second-order valence-corrected chi connectivity index (χ2v) is 7.65. The van der Waals surface area contributed by atoms with E-state index in [9.17, 15) is 9.59 Å². The molecule has 0 spiro atoms. The maximum Gasteiger partial charge on any atom is 0.242 e. The molecule has 2 aromatic rings. The molecule has 0 heterocycles. The van der Waals surface area contributed by atoms with Gasteiger partial charge in [0.2, 0.25) is 11.8 Å². The number of amides is 2. The van der Waals surface area contributed by atoms with Crippen LogP contribution in [-0.2, 0) is 22.6 Å². The van der Waals surface area contributed by atoms with Crippen molar-refractivity contribution in [1.82, 2.24) is 10.2 Å². The molecule has 0 saturated carbocycles. The predicted molar refractivity (Wildman–Crippen MR) is 115 cm³/mol. The molecule has 1 N–H and O–H groups in total. The molecule has 0 bridgehead atoms. The summed E-state index contributed by atoms with van der Waals surface area (Å²) in [6.45, 7) is 4.74. The smallest absolute Gasteiger partial charge is 0.242 e. The zero-order valence-electron chi connectivity index (χ0n) is 16.3. The fraction of sp³-hybridized carbons (Fsp3) is 0.364. The summed E-state index contributed by atoms with van der Waals surface area (Å²) < 4.78 is 0. The first-order valence-corrected chi connectivity index (χ1v) is 10.2. The summed E-state index contributed by atoms with van der Waals surface area (Å²) in [7, 11) is 0. The van der Waals surface area contributed by atoms with Gasteiger partial charge in [0.1, 0.15) is 6.04 Å². The first-order chi connectivity index (χ1) is 13.4. The van der Waals surface area contributed by atoms with E-state index in [1.165, 1.54) is 0 Å². The van der Waals surface area contributed by atoms with Crippen LogP contribution in [-0.4, -0.2) is 29.3 Å². The Bertz CT molecular complexity index is 793. The largest absolute Gasteiger partial charge is 0.354 e. The molecule has 4 nitrogen and oxygen atoms in total. The molecule has 1 atom stereocenters. The van der Waals surface area contributed by atoms with Gasteiger partial charge >= 0.3 is 0 Å². The van der Waals surface area contributed by atoms with Crippen molar-refractivity contribution in [3.05, 3.63) is 69.7 Å². The van der Waals surface area contributed by atoms with Crippen LogP contribution in [0.2, 0.25) is 10.0 Å². The molecule has 1 unspecified atom stereocenters. The van der Waals surface area contributed by atoms with E-state index in [1.807, 2.05) is 30.3 Å². The van der Waals surface area contributed by atoms with Gasteiger partial charge in [0.15, 0.2) is 0 Å². The van der Waals surface area contributed by atoms with Crippen LogP contribution < -0.4 is 5.32 Å². The van der Waals surface area contributed by atoms with Gasteiger partial charge in [0.05, 0.1) is 6.42 Å². The van der Waals surface area contributed by atoms with Gasteiger partial charge in [-0.1, -0.05) is 60.8 Å². The number of hydrogen-bond donors (Lipinski definition) is 1. The third-order valence-electron chi connectivity index (χ3n) is 4.51. The number of rotatable bonds is 9. The lowest BCUT2D eigenvalue weighted by Gasteiger charge is -2.29. The van der Waals surface area contributed by atoms with Gasteiger partial charge in [-0.3, -0.25) is 9.59 Å². The number of carbonyl (C=O) groups is 2. The van der Waals surface area contributed by atoms with Crippen molar-refractivity contribution in [2.75, 3.05) is 6.54 Å². The van der Waals surface area contributed by atoms with E-state index in [-0.39, 0.29) is 18.2 Å². The lowest BCUT2D eigenvalue weighted by Crippen LogP contribution is -2.48. The van der Waals surface area contributed by atoms with Crippen LogP contribution in [0.5, 0.6) is 0 Å². The molecular formula is C22H26Cl2N2O2. The van der Waals surface area contributed by atoms with Crippen LogP contribution in [0.3, 0.4) is 0 Å². The van der Waals surface area contributed by atoms with Gasteiger partial charge in [-0.2, -0.15) is 0 Å². The fourth-order valence-corrected chi connectivity index (χ4v) is 3.17. The van der Waals surface area contributed by atoms with E-state index in [0.29, 0.717) is 23.1 Å². The van der Waals surface area contributed by atoms with Gasteiger partial charge in [0.25, 0.3) is 0 Å². The molecule has 0 saturated heterocycles. The Balaban J connectivity index is 2.17. The number of halogens is 2. The molecule has 2 amide bonds. The third-order valence-corrected chi connectivity index (χ3v) is 4.99. The number of unbranched alkanes of at least 4 members (excludes halogenated alkanes) is 1. The summed E-state index contributed by atoms with van der Waals surface area (Å²) in [5.74, 6) is -0.277. The SMILES string of the molecule is CCCCNC(=O)C(C)N(Cc1cccc(Cl)c1)C(=O)Cc1ccc(Cl)cc1. The Kier molecular flexibility index (Phi) is 8.81. The molecule has 0 aliphatic rings. The molecule has 2 aromatic carbocycles. The Morgan fingerprint density at radius 3 is 2.39 bits per heavy atom. The Morgan fingerprint density at radius 1 is 1.04 bits per heavy atom. The monoisotopic (exact) mass is 420 g/mol. The second-order valence-electron chi connectivity index (χ2n) is 6.78. The predicted octanol–water partition coefficient (Wildman–Crippen LogP) is 4.87. The Labute approximate surface area is 176 Å². The maximum atomic E-state index is 13.0. The summed E-state index contributed by atoms with van der Waals surface area (Å²) in [6.07, 6.45) is 2.10. The highest BCUT2D eigenvalue weighted by atomic mass is 35.5. The highest BCUT2D eigenvalue weighted by Gasteiger charge is 2.26. The molecule has 6 heteroatoms. The number of nitrogens with one attached hydrogen (secondary N) is 1. The van der Waals surface area contributed by atoms with Crippen LogP contribution in [0.25, 0.3) is 0 Å². The zero-order valence-corrected chi connectivity index (χ0v) is 17.8. The first-order valence-electron chi connectivity index (χ1n) is 9.46. The fourth-order valence-electron chi connectivity index (χ4n) is 2.83. The molecule has 28 heavy (non-hydrogen) atoms. The average Bonchev–Trinajstić information content (AvgIpc) is 2.67. The van der Waals surface area contributed by atoms with Crippen molar-refractivity contribution in [2.45, 2.75) is 45.7 Å². The first kappa shape index (κ1) is 22.3. The van der Waals surface area contributed by atoms with Crippen molar-refractivity contribution in [3.8, 4) is 0 Å². The number of benzene rings is 2. The second kappa shape index (κ2) is 11.1. The molecule has 0 aromatic heterocycles. The normalized spacial score (nSPS) is 11.7. The molecule has 0 fully saturated rings. The van der Waals surface area contributed by atoms with Gasteiger partial charge in [-0.25, -0.2) is 0 Å². The topological polar surface area (TPSA) is 49.4 Å². The van der Waals surface area contributed by atoms with E-state index < -0.39 is 6.04 Å². The standard InChI is InChI=1S/C22H26Cl2N2O2/c1-3-4-12-25-22(28)16(2)26(15-18-6-5-7-20(24)13-18)21(27)14-17-8-10-19(23)11-9-17/h5-11,13,16H,3-4,12,14-15H2,1-2H3,(H,25,28). The van der Waals surface area contributed by atoms with Crippen LogP contribution in [0.1, 0.15) is 37.8 Å². The van der Waals surface area contributed by atoms with E-state index in [4.69, 9.17) is 23.2 Å².